The lowest BCUT2D eigenvalue weighted by molar-refractivity contribution is -0.137. The van der Waals surface area contributed by atoms with Crippen LogP contribution in [0.5, 0.6) is 0 Å². The van der Waals surface area contributed by atoms with Crippen LogP contribution in [0.2, 0.25) is 25.7 Å². The van der Waals surface area contributed by atoms with Gasteiger partial charge in [-0.25, -0.2) is 9.37 Å². The average Bonchev–Trinajstić information content (AvgIpc) is 3.30. The Bertz CT molecular complexity index is 1290. The number of carbonyl (C=O) groups is 1. The summed E-state index contributed by atoms with van der Waals surface area (Å²) in [5.74, 6) is -1.88. The predicted octanol–water partition coefficient (Wildman–Crippen LogP) is 7.29. The smallest absolute Gasteiger partial charge is 0.369 e. The molecule has 6 nitrogen and oxygen atoms in total. The number of hydrogen-bond acceptors (Lipinski definition) is 4. The van der Waals surface area contributed by atoms with Crippen molar-refractivity contribution in [3.05, 3.63) is 77.6 Å². The highest BCUT2D eigenvalue weighted by atomic mass is 28.3. The first kappa shape index (κ1) is 31.3. The van der Waals surface area contributed by atoms with Crippen LogP contribution in [0.15, 0.2) is 55.0 Å². The Balaban J connectivity index is 1.75. The van der Waals surface area contributed by atoms with E-state index in [2.05, 4.69) is 24.6 Å². The predicted molar refractivity (Wildman–Crippen MR) is 153 cm³/mol. The minimum atomic E-state index is -4.70. The molecular weight excluding hydrogens is 540 g/mol. The van der Waals surface area contributed by atoms with Gasteiger partial charge in [-0.3, -0.25) is 4.79 Å². The number of amides is 1. The molecule has 40 heavy (non-hydrogen) atoms. The summed E-state index contributed by atoms with van der Waals surface area (Å²) in [4.78, 5) is 21.2. The zero-order valence-electron chi connectivity index (χ0n) is 23.9. The van der Waals surface area contributed by atoms with Crippen molar-refractivity contribution in [2.24, 2.45) is 5.92 Å². The maximum Gasteiger partial charge on any atom is 0.416 e. The van der Waals surface area contributed by atoms with Crippen molar-refractivity contribution in [2.45, 2.75) is 59.0 Å². The molecule has 2 aromatic carbocycles. The van der Waals surface area contributed by atoms with Crippen molar-refractivity contribution in [1.29, 1.82) is 0 Å². The third-order valence-corrected chi connectivity index (χ3v) is 7.93. The van der Waals surface area contributed by atoms with Crippen molar-refractivity contribution in [3.63, 3.8) is 0 Å². The number of alkyl halides is 3. The molecule has 1 heterocycles. The van der Waals surface area contributed by atoms with Crippen LogP contribution in [0.4, 0.5) is 28.9 Å². The Kier molecular flexibility index (Phi) is 10.2. The van der Waals surface area contributed by atoms with E-state index in [9.17, 15) is 22.4 Å². The van der Waals surface area contributed by atoms with Gasteiger partial charge in [-0.05, 0) is 48.4 Å². The summed E-state index contributed by atoms with van der Waals surface area (Å²) < 4.78 is 61.4. The Morgan fingerprint density at radius 2 is 1.80 bits per heavy atom. The Morgan fingerprint density at radius 1 is 1.10 bits per heavy atom. The third-order valence-electron chi connectivity index (χ3n) is 6.22. The number of nitrogens with zero attached hydrogens (tertiary/aromatic N) is 4. The van der Waals surface area contributed by atoms with Crippen LogP contribution in [0.3, 0.4) is 0 Å². The molecule has 0 N–H and O–H groups in total. The van der Waals surface area contributed by atoms with Gasteiger partial charge in [0.15, 0.2) is 0 Å². The molecule has 3 aromatic rings. The number of rotatable bonds is 12. The summed E-state index contributed by atoms with van der Waals surface area (Å²) in [5.41, 5.74) is 0.603. The Hall–Kier alpha value is -3.18. The quantitative estimate of drug-likeness (QED) is 0.129. The summed E-state index contributed by atoms with van der Waals surface area (Å²) in [6.07, 6.45) is -1.04. The maximum absolute atomic E-state index is 14.7. The van der Waals surface area contributed by atoms with Gasteiger partial charge in [0.1, 0.15) is 12.5 Å². The molecule has 0 bridgehead atoms. The number of halogens is 4. The van der Waals surface area contributed by atoms with Crippen LogP contribution in [0.25, 0.3) is 0 Å². The normalized spacial score (nSPS) is 12.2. The van der Waals surface area contributed by atoms with Gasteiger partial charge in [0.05, 0.1) is 29.7 Å². The second kappa shape index (κ2) is 13.0. The molecule has 0 unspecified atom stereocenters. The van der Waals surface area contributed by atoms with E-state index in [1.165, 1.54) is 4.90 Å². The van der Waals surface area contributed by atoms with Gasteiger partial charge in [-0.15, -0.1) is 0 Å². The largest absolute Gasteiger partial charge is 0.416 e. The molecule has 0 fully saturated rings. The molecule has 11 heteroatoms. The number of anilines is 2. The van der Waals surface area contributed by atoms with E-state index in [0.29, 0.717) is 25.0 Å². The third kappa shape index (κ3) is 8.92. The fraction of sp³-hybridized carbons (Fsp3) is 0.448. The first-order chi connectivity index (χ1) is 18.6. The monoisotopic (exact) mass is 578 g/mol. The molecule has 0 saturated heterocycles. The second-order valence-electron chi connectivity index (χ2n) is 11.6. The lowest BCUT2D eigenvalue weighted by atomic mass is 10.1. The van der Waals surface area contributed by atoms with Crippen molar-refractivity contribution in [3.8, 4) is 0 Å². The van der Waals surface area contributed by atoms with E-state index in [1.807, 2.05) is 42.6 Å². The number of benzene rings is 2. The van der Waals surface area contributed by atoms with Gasteiger partial charge in [-0.2, -0.15) is 13.2 Å². The number of aromatic nitrogens is 2. The van der Waals surface area contributed by atoms with Crippen LogP contribution in [0.1, 0.15) is 35.5 Å². The highest BCUT2D eigenvalue weighted by Crippen LogP contribution is 2.31. The SMILES string of the molecule is CC(C)CN(C(=O)c1ccc(C(F)(F)F)cc1F)c1cccc(N(C)Cc2cn(COCC[Si](C)(C)C)cn2)c1. The van der Waals surface area contributed by atoms with Gasteiger partial charge in [0, 0.05) is 45.8 Å². The number of ether oxygens (including phenoxy) is 1. The van der Waals surface area contributed by atoms with Crippen LogP contribution in [-0.4, -0.2) is 43.7 Å². The first-order valence-electron chi connectivity index (χ1n) is 13.2. The Labute approximate surface area is 234 Å². The van der Waals surface area contributed by atoms with Crippen molar-refractivity contribution in [2.75, 3.05) is 30.0 Å². The molecular formula is C29H38F4N4O2Si. The molecule has 0 radical (unpaired) electrons. The van der Waals surface area contributed by atoms with Crippen LogP contribution < -0.4 is 9.80 Å². The van der Waals surface area contributed by atoms with Gasteiger partial charge in [0.25, 0.3) is 5.91 Å². The molecule has 3 rings (SSSR count). The first-order valence-corrected chi connectivity index (χ1v) is 16.9. The van der Waals surface area contributed by atoms with E-state index < -0.39 is 37.1 Å². The summed E-state index contributed by atoms with van der Waals surface area (Å²) in [6, 6.07) is 10.3. The van der Waals surface area contributed by atoms with E-state index in [-0.39, 0.29) is 12.5 Å². The lowest BCUT2D eigenvalue weighted by Gasteiger charge is -2.27. The number of hydrogen-bond donors (Lipinski definition) is 0. The molecule has 218 valence electrons. The summed E-state index contributed by atoms with van der Waals surface area (Å²) >= 11 is 0. The molecule has 0 atom stereocenters. The molecule has 0 aliphatic rings. The zero-order chi connectivity index (χ0) is 29.7. The molecule has 0 spiro atoms. The minimum absolute atomic E-state index is 0.0276. The summed E-state index contributed by atoms with van der Waals surface area (Å²) in [5, 5.41) is 0. The molecule has 0 saturated carbocycles. The molecule has 1 aromatic heterocycles. The van der Waals surface area contributed by atoms with Gasteiger partial charge >= 0.3 is 6.18 Å². The Morgan fingerprint density at radius 3 is 2.42 bits per heavy atom. The van der Waals surface area contributed by atoms with Crippen molar-refractivity contribution < 1.29 is 27.1 Å². The van der Waals surface area contributed by atoms with Gasteiger partial charge in [0.2, 0.25) is 0 Å². The molecule has 1 amide bonds. The van der Waals surface area contributed by atoms with Crippen molar-refractivity contribution >= 4 is 25.4 Å². The van der Waals surface area contributed by atoms with Crippen molar-refractivity contribution in [1.82, 2.24) is 9.55 Å². The average molecular weight is 579 g/mol. The number of imidazole rings is 1. The van der Waals surface area contributed by atoms with Crippen LogP contribution >= 0.6 is 0 Å². The molecule has 0 aliphatic carbocycles. The van der Waals surface area contributed by atoms with Gasteiger partial charge < -0.3 is 19.1 Å². The van der Waals surface area contributed by atoms with Crippen LogP contribution in [0, 0.1) is 11.7 Å². The zero-order valence-corrected chi connectivity index (χ0v) is 24.9. The second-order valence-corrected chi connectivity index (χ2v) is 17.2. The van der Waals surface area contributed by atoms with E-state index in [0.717, 1.165) is 36.2 Å². The topological polar surface area (TPSA) is 50.6 Å². The molecule has 0 aliphatic heterocycles. The maximum atomic E-state index is 14.7. The highest BCUT2D eigenvalue weighted by Gasteiger charge is 2.32. The van der Waals surface area contributed by atoms with Crippen LogP contribution in [-0.2, 0) is 24.2 Å². The highest BCUT2D eigenvalue weighted by molar-refractivity contribution is 6.76. The number of carbonyl (C=O) groups excluding carboxylic acids is 1. The standard InChI is InChI=1S/C29H38F4N4O2Si/c1-21(2)16-37(28(38)26-11-10-22(14-27(26)30)29(31,32)33)25-9-7-8-24(15-25)35(3)17-23-18-36(19-34-23)20-39-12-13-40(4,5)6/h7-11,14-15,18-19,21H,12-13,16-17,20H2,1-6H3. The fourth-order valence-corrected chi connectivity index (χ4v) is 4.78. The summed E-state index contributed by atoms with van der Waals surface area (Å²) in [6.45, 7) is 12.6. The van der Waals surface area contributed by atoms with E-state index >= 15 is 0 Å². The minimum Gasteiger partial charge on any atom is -0.369 e. The van der Waals surface area contributed by atoms with Gasteiger partial charge in [-0.1, -0.05) is 39.6 Å². The fourth-order valence-electron chi connectivity index (χ4n) is 4.02. The van der Waals surface area contributed by atoms with E-state index in [1.54, 1.807) is 24.5 Å². The summed E-state index contributed by atoms with van der Waals surface area (Å²) in [7, 11) is 0.745. The van der Waals surface area contributed by atoms with E-state index in [4.69, 9.17) is 4.74 Å². The lowest BCUT2D eigenvalue weighted by Crippen LogP contribution is -2.35.